The van der Waals surface area contributed by atoms with Crippen LogP contribution in [0.15, 0.2) is 18.3 Å². The molecule has 1 heterocycles. The summed E-state index contributed by atoms with van der Waals surface area (Å²) in [5, 5.41) is 8.91. The number of aliphatic hydroxyl groups is 1. The molecule has 0 radical (unpaired) electrons. The molecule has 3 heteroatoms. The number of hydrogen-bond donors (Lipinski definition) is 1. The van der Waals surface area contributed by atoms with Gasteiger partial charge in [0.05, 0.1) is 16.4 Å². The molecule has 0 aliphatic heterocycles. The highest BCUT2D eigenvalue weighted by molar-refractivity contribution is 5.16. The van der Waals surface area contributed by atoms with Crippen LogP contribution in [0.3, 0.4) is 0 Å². The quantitative estimate of drug-likeness (QED) is 0.655. The number of pyridine rings is 1. The minimum Gasteiger partial charge on any atom is -0.481 e. The molecule has 10 heavy (non-hydrogen) atoms. The Labute approximate surface area is 62.1 Å². The van der Waals surface area contributed by atoms with Gasteiger partial charge >= 0.3 is 0 Å². The van der Waals surface area contributed by atoms with E-state index in [-0.39, 0.29) is 5.56 Å². The fraction of sp³-hybridized carbons (Fsp3) is 0.286. The predicted molar refractivity (Wildman–Crippen MR) is 36.7 cm³/mol. The van der Waals surface area contributed by atoms with E-state index in [0.29, 0.717) is 5.88 Å². The van der Waals surface area contributed by atoms with Crippen molar-refractivity contribution in [3.05, 3.63) is 23.9 Å². The number of methoxy groups -OCH3 is 1. The maximum Gasteiger partial charge on any atom is 0.212 e. The SMILES string of the molecule is [2H]C([2H])(O)c1ccc(OC)nc1. The van der Waals surface area contributed by atoms with Gasteiger partial charge in [0.2, 0.25) is 5.88 Å². The Morgan fingerprint density at radius 1 is 1.80 bits per heavy atom. The zero-order chi connectivity index (χ0) is 9.19. The molecule has 0 fully saturated rings. The van der Waals surface area contributed by atoms with Gasteiger partial charge in [0.15, 0.2) is 0 Å². The second-order valence-corrected chi connectivity index (χ2v) is 1.70. The van der Waals surface area contributed by atoms with Crippen LogP contribution in [0.5, 0.6) is 5.88 Å². The van der Waals surface area contributed by atoms with E-state index in [9.17, 15) is 0 Å². The Kier molecular flexibility index (Phi) is 1.49. The smallest absolute Gasteiger partial charge is 0.212 e. The highest BCUT2D eigenvalue weighted by Crippen LogP contribution is 2.05. The van der Waals surface area contributed by atoms with Crippen molar-refractivity contribution in [3.8, 4) is 5.88 Å². The second kappa shape index (κ2) is 3.17. The van der Waals surface area contributed by atoms with E-state index in [1.54, 1.807) is 0 Å². The first-order valence-corrected chi connectivity index (χ1v) is 2.77. The highest BCUT2D eigenvalue weighted by Gasteiger charge is 1.91. The summed E-state index contributed by atoms with van der Waals surface area (Å²) in [6, 6.07) is 2.91. The summed E-state index contributed by atoms with van der Waals surface area (Å²) in [5.41, 5.74) is 0.114. The van der Waals surface area contributed by atoms with E-state index in [2.05, 4.69) is 4.98 Å². The summed E-state index contributed by atoms with van der Waals surface area (Å²) >= 11 is 0. The summed E-state index contributed by atoms with van der Waals surface area (Å²) in [6.45, 7) is -2.33. The molecule has 0 saturated carbocycles. The molecule has 0 aromatic carbocycles. The number of nitrogens with zero attached hydrogens (tertiary/aromatic N) is 1. The van der Waals surface area contributed by atoms with Crippen molar-refractivity contribution in [3.63, 3.8) is 0 Å². The summed E-state index contributed by atoms with van der Waals surface area (Å²) in [7, 11) is 1.47. The number of rotatable bonds is 2. The van der Waals surface area contributed by atoms with Crippen LogP contribution >= 0.6 is 0 Å². The Morgan fingerprint density at radius 3 is 3.00 bits per heavy atom. The third kappa shape index (κ3) is 1.45. The lowest BCUT2D eigenvalue weighted by Gasteiger charge is -1.97. The van der Waals surface area contributed by atoms with E-state index in [1.807, 2.05) is 0 Å². The van der Waals surface area contributed by atoms with Gasteiger partial charge in [0.25, 0.3) is 0 Å². The van der Waals surface area contributed by atoms with Crippen molar-refractivity contribution >= 4 is 0 Å². The number of hydrogen-bond acceptors (Lipinski definition) is 3. The Hall–Kier alpha value is -1.09. The number of aromatic nitrogens is 1. The summed E-state index contributed by atoms with van der Waals surface area (Å²) in [6.07, 6.45) is 1.23. The van der Waals surface area contributed by atoms with Gasteiger partial charge in [-0.25, -0.2) is 4.98 Å². The lowest BCUT2D eigenvalue weighted by Crippen LogP contribution is -1.88. The fourth-order valence-corrected chi connectivity index (χ4v) is 0.567. The van der Waals surface area contributed by atoms with E-state index in [4.69, 9.17) is 12.6 Å². The van der Waals surface area contributed by atoms with Crippen LogP contribution in [0, 0.1) is 0 Å². The third-order valence-corrected chi connectivity index (χ3v) is 1.07. The highest BCUT2D eigenvalue weighted by atomic mass is 16.5. The molecule has 0 aliphatic carbocycles. The largest absolute Gasteiger partial charge is 0.481 e. The molecule has 1 rings (SSSR count). The average Bonchev–Trinajstić information content (AvgIpc) is 2.03. The van der Waals surface area contributed by atoms with Crippen molar-refractivity contribution < 1.29 is 12.6 Å². The van der Waals surface area contributed by atoms with Crippen LogP contribution in [0.2, 0.25) is 0 Å². The molecule has 1 N–H and O–H groups in total. The van der Waals surface area contributed by atoms with Crippen LogP contribution in [0.4, 0.5) is 0 Å². The first-order valence-electron chi connectivity index (χ1n) is 3.77. The summed E-state index contributed by atoms with van der Waals surface area (Å²) in [4.78, 5) is 3.74. The van der Waals surface area contributed by atoms with E-state index >= 15 is 0 Å². The van der Waals surface area contributed by atoms with Gasteiger partial charge in [-0.15, -0.1) is 0 Å². The van der Waals surface area contributed by atoms with E-state index in [0.717, 1.165) is 0 Å². The normalized spacial score (nSPS) is 13.8. The van der Waals surface area contributed by atoms with Crippen LogP contribution in [0.1, 0.15) is 8.30 Å². The Bertz CT molecular complexity index is 255. The third-order valence-electron chi connectivity index (χ3n) is 1.07. The standard InChI is InChI=1S/C7H9NO2/c1-10-7-3-2-6(5-9)4-8-7/h2-4,9H,5H2,1H3/i5D2. The van der Waals surface area contributed by atoms with Crippen molar-refractivity contribution in [2.75, 3.05) is 7.11 Å². The van der Waals surface area contributed by atoms with Gasteiger partial charge in [-0.05, 0) is 11.6 Å². The van der Waals surface area contributed by atoms with E-state index in [1.165, 1.54) is 25.4 Å². The first kappa shape index (κ1) is 4.68. The minimum absolute atomic E-state index is 0.114. The van der Waals surface area contributed by atoms with Crippen molar-refractivity contribution in [1.29, 1.82) is 0 Å². The van der Waals surface area contributed by atoms with Crippen molar-refractivity contribution in [2.45, 2.75) is 6.56 Å². The molecule has 1 aromatic rings. The molecule has 1 aromatic heterocycles. The molecule has 3 nitrogen and oxygen atoms in total. The first-order chi connectivity index (χ1) is 5.54. The van der Waals surface area contributed by atoms with Crippen LogP contribution < -0.4 is 4.74 Å². The van der Waals surface area contributed by atoms with Gasteiger partial charge in [-0.2, -0.15) is 0 Å². The molecule has 0 bridgehead atoms. The molecule has 54 valence electrons. The van der Waals surface area contributed by atoms with Crippen LogP contribution in [0.25, 0.3) is 0 Å². The van der Waals surface area contributed by atoms with Gasteiger partial charge in [0, 0.05) is 12.3 Å². The average molecular weight is 141 g/mol. The van der Waals surface area contributed by atoms with Crippen molar-refractivity contribution in [2.24, 2.45) is 0 Å². The Morgan fingerprint density at radius 2 is 2.60 bits per heavy atom. The molecule has 0 atom stereocenters. The minimum atomic E-state index is -2.33. The van der Waals surface area contributed by atoms with Crippen LogP contribution in [-0.2, 0) is 6.56 Å². The van der Waals surface area contributed by atoms with Gasteiger partial charge in [0.1, 0.15) is 0 Å². The molecule has 0 spiro atoms. The zero-order valence-corrected chi connectivity index (χ0v) is 5.53. The van der Waals surface area contributed by atoms with Gasteiger partial charge in [-0.1, -0.05) is 0 Å². The fourth-order valence-electron chi connectivity index (χ4n) is 0.567. The van der Waals surface area contributed by atoms with Gasteiger partial charge < -0.3 is 9.84 Å². The maximum atomic E-state index is 8.91. The van der Waals surface area contributed by atoms with Gasteiger partial charge in [-0.3, -0.25) is 0 Å². The summed E-state index contributed by atoms with van der Waals surface area (Å²) < 4.78 is 18.7. The zero-order valence-electron chi connectivity index (χ0n) is 7.53. The summed E-state index contributed by atoms with van der Waals surface area (Å²) in [5.74, 6) is 0.392. The maximum absolute atomic E-state index is 8.91. The molecule has 0 amide bonds. The number of ether oxygens (including phenoxy) is 1. The Balaban J connectivity index is 2.93. The molecule has 0 saturated heterocycles. The topological polar surface area (TPSA) is 42.4 Å². The molecule has 0 aliphatic rings. The van der Waals surface area contributed by atoms with Crippen molar-refractivity contribution in [1.82, 2.24) is 4.98 Å². The second-order valence-electron chi connectivity index (χ2n) is 1.70. The van der Waals surface area contributed by atoms with Crippen LogP contribution in [-0.4, -0.2) is 17.2 Å². The van der Waals surface area contributed by atoms with E-state index < -0.39 is 6.56 Å². The lowest BCUT2D eigenvalue weighted by molar-refractivity contribution is 0.281. The molecule has 0 unspecified atom stereocenters. The molecular weight excluding hydrogens is 130 g/mol. The lowest BCUT2D eigenvalue weighted by atomic mass is 10.3. The predicted octanol–water partition coefficient (Wildman–Crippen LogP) is 0.582. The monoisotopic (exact) mass is 141 g/mol. The molecular formula is C7H9NO2.